The number of carbonyl (C=O) groups is 2. The highest BCUT2D eigenvalue weighted by atomic mass is 16.4. The second kappa shape index (κ2) is 5.87. The van der Waals surface area contributed by atoms with Crippen LogP contribution >= 0.6 is 0 Å². The van der Waals surface area contributed by atoms with Gasteiger partial charge in [-0.3, -0.25) is 9.59 Å². The van der Waals surface area contributed by atoms with Gasteiger partial charge in [-0.15, -0.1) is 0 Å². The Bertz CT molecular complexity index is 484. The molecule has 4 nitrogen and oxygen atoms in total. The summed E-state index contributed by atoms with van der Waals surface area (Å²) < 4.78 is 0. The molecule has 0 aliphatic heterocycles. The standard InChI is InChI=1S/C15H19NO3/c1-10-6-2-5-9-13(10)16-14(17)11-7-3-4-8-12(11)15(18)19/h2,5-6,9,11-12H,3-4,7-8H2,1H3,(H,16,17)(H,18,19)/t11-,12+/m0/s1. The molecule has 1 saturated carbocycles. The van der Waals surface area contributed by atoms with Gasteiger partial charge < -0.3 is 10.4 Å². The molecule has 4 heteroatoms. The van der Waals surface area contributed by atoms with Crippen molar-refractivity contribution in [2.24, 2.45) is 11.8 Å². The van der Waals surface area contributed by atoms with Crippen LogP contribution in [0.3, 0.4) is 0 Å². The third-order valence-electron chi connectivity index (χ3n) is 3.82. The lowest BCUT2D eigenvalue weighted by Gasteiger charge is -2.27. The second-order valence-electron chi connectivity index (χ2n) is 5.14. The van der Waals surface area contributed by atoms with Crippen molar-refractivity contribution in [3.8, 4) is 0 Å². The largest absolute Gasteiger partial charge is 0.481 e. The summed E-state index contributed by atoms with van der Waals surface area (Å²) in [5, 5.41) is 12.1. The van der Waals surface area contributed by atoms with Crippen LogP contribution in [0.1, 0.15) is 31.2 Å². The topological polar surface area (TPSA) is 66.4 Å². The van der Waals surface area contributed by atoms with E-state index in [4.69, 9.17) is 0 Å². The number of carbonyl (C=O) groups excluding carboxylic acids is 1. The minimum absolute atomic E-state index is 0.165. The molecule has 1 fully saturated rings. The van der Waals surface area contributed by atoms with Crippen molar-refractivity contribution < 1.29 is 14.7 Å². The molecule has 2 N–H and O–H groups in total. The fraction of sp³-hybridized carbons (Fsp3) is 0.467. The number of aryl methyl sites for hydroxylation is 1. The summed E-state index contributed by atoms with van der Waals surface area (Å²) in [7, 11) is 0. The van der Waals surface area contributed by atoms with Crippen molar-refractivity contribution in [2.45, 2.75) is 32.6 Å². The van der Waals surface area contributed by atoms with Gasteiger partial charge in [-0.25, -0.2) is 0 Å². The van der Waals surface area contributed by atoms with Gasteiger partial charge in [0, 0.05) is 5.69 Å². The molecule has 0 unspecified atom stereocenters. The second-order valence-corrected chi connectivity index (χ2v) is 5.14. The number of aliphatic carboxylic acids is 1. The van der Waals surface area contributed by atoms with E-state index in [1.54, 1.807) is 0 Å². The Morgan fingerprint density at radius 3 is 2.42 bits per heavy atom. The molecule has 0 saturated heterocycles. The van der Waals surface area contributed by atoms with E-state index in [1.807, 2.05) is 31.2 Å². The first-order chi connectivity index (χ1) is 9.09. The van der Waals surface area contributed by atoms with Crippen molar-refractivity contribution in [3.63, 3.8) is 0 Å². The van der Waals surface area contributed by atoms with Crippen molar-refractivity contribution in [2.75, 3.05) is 5.32 Å². The maximum Gasteiger partial charge on any atom is 0.307 e. The molecule has 1 aromatic carbocycles. The van der Waals surface area contributed by atoms with Crippen LogP contribution in [0.15, 0.2) is 24.3 Å². The Morgan fingerprint density at radius 2 is 1.79 bits per heavy atom. The zero-order chi connectivity index (χ0) is 13.8. The molecule has 2 atom stereocenters. The third-order valence-corrected chi connectivity index (χ3v) is 3.82. The fourth-order valence-corrected chi connectivity index (χ4v) is 2.68. The smallest absolute Gasteiger partial charge is 0.307 e. The first kappa shape index (κ1) is 13.6. The number of hydrogen-bond donors (Lipinski definition) is 2. The summed E-state index contributed by atoms with van der Waals surface area (Å²) in [6.07, 6.45) is 3.08. The number of amides is 1. The molecule has 0 spiro atoms. The number of carboxylic acids is 1. The minimum Gasteiger partial charge on any atom is -0.481 e. The number of benzene rings is 1. The van der Waals surface area contributed by atoms with E-state index in [-0.39, 0.29) is 5.91 Å². The Balaban J connectivity index is 2.10. The highest BCUT2D eigenvalue weighted by molar-refractivity contribution is 5.95. The van der Waals surface area contributed by atoms with Crippen molar-refractivity contribution in [3.05, 3.63) is 29.8 Å². The Hall–Kier alpha value is -1.84. The molecule has 1 aromatic rings. The van der Waals surface area contributed by atoms with Crippen molar-refractivity contribution >= 4 is 17.6 Å². The molecule has 0 aromatic heterocycles. The Labute approximate surface area is 112 Å². The molecule has 0 radical (unpaired) electrons. The molecule has 1 amide bonds. The van der Waals surface area contributed by atoms with Gasteiger partial charge in [0.1, 0.15) is 0 Å². The van der Waals surface area contributed by atoms with Crippen LogP contribution in [0, 0.1) is 18.8 Å². The molecule has 0 heterocycles. The fourth-order valence-electron chi connectivity index (χ4n) is 2.68. The molecule has 19 heavy (non-hydrogen) atoms. The van der Waals surface area contributed by atoms with E-state index < -0.39 is 17.8 Å². The number of nitrogens with one attached hydrogen (secondary N) is 1. The zero-order valence-electron chi connectivity index (χ0n) is 11.1. The lowest BCUT2D eigenvalue weighted by Crippen LogP contribution is -2.36. The highest BCUT2D eigenvalue weighted by Gasteiger charge is 2.35. The van der Waals surface area contributed by atoms with Gasteiger partial charge in [0.25, 0.3) is 0 Å². The maximum absolute atomic E-state index is 12.3. The van der Waals surface area contributed by atoms with Crippen LogP contribution in [-0.2, 0) is 9.59 Å². The van der Waals surface area contributed by atoms with Crippen molar-refractivity contribution in [1.82, 2.24) is 0 Å². The molecule has 102 valence electrons. The van der Waals surface area contributed by atoms with Crippen molar-refractivity contribution in [1.29, 1.82) is 0 Å². The van der Waals surface area contributed by atoms with Gasteiger partial charge in [0.15, 0.2) is 0 Å². The number of rotatable bonds is 3. The van der Waals surface area contributed by atoms with E-state index in [0.29, 0.717) is 12.8 Å². The molecule has 1 aliphatic rings. The predicted molar refractivity (Wildman–Crippen MR) is 72.9 cm³/mol. The summed E-state index contributed by atoms with van der Waals surface area (Å²) in [6, 6.07) is 7.53. The van der Waals surface area contributed by atoms with E-state index in [2.05, 4.69) is 5.32 Å². The number of para-hydroxylation sites is 1. The van der Waals surface area contributed by atoms with Gasteiger partial charge >= 0.3 is 5.97 Å². The minimum atomic E-state index is -0.857. The van der Waals surface area contributed by atoms with Gasteiger partial charge in [0.2, 0.25) is 5.91 Å². The predicted octanol–water partition coefficient (Wildman–Crippen LogP) is 2.82. The number of carboxylic acid groups (broad SMARTS) is 1. The normalized spacial score (nSPS) is 22.8. The monoisotopic (exact) mass is 261 g/mol. The number of hydrogen-bond acceptors (Lipinski definition) is 2. The molecule has 2 rings (SSSR count). The van der Waals surface area contributed by atoms with Crippen LogP contribution in [0.2, 0.25) is 0 Å². The highest BCUT2D eigenvalue weighted by Crippen LogP contribution is 2.31. The van der Waals surface area contributed by atoms with E-state index in [9.17, 15) is 14.7 Å². The summed E-state index contributed by atoms with van der Waals surface area (Å²) in [5.41, 5.74) is 1.75. The van der Waals surface area contributed by atoms with Crippen LogP contribution in [0.25, 0.3) is 0 Å². The van der Waals surface area contributed by atoms with Gasteiger partial charge in [0.05, 0.1) is 11.8 Å². The third kappa shape index (κ3) is 3.13. The maximum atomic E-state index is 12.3. The lowest BCUT2D eigenvalue weighted by molar-refractivity contribution is -0.147. The SMILES string of the molecule is Cc1ccccc1NC(=O)[C@H]1CCCC[C@H]1C(=O)O. The average Bonchev–Trinajstić information content (AvgIpc) is 2.41. The van der Waals surface area contributed by atoms with E-state index in [1.165, 1.54) is 0 Å². The summed E-state index contributed by atoms with van der Waals surface area (Å²) in [6.45, 7) is 1.92. The lowest BCUT2D eigenvalue weighted by atomic mass is 9.78. The summed E-state index contributed by atoms with van der Waals surface area (Å²) in [5.74, 6) is -1.98. The van der Waals surface area contributed by atoms with Crippen LogP contribution in [0.5, 0.6) is 0 Å². The summed E-state index contributed by atoms with van der Waals surface area (Å²) >= 11 is 0. The molecular weight excluding hydrogens is 242 g/mol. The van der Waals surface area contributed by atoms with Gasteiger partial charge in [-0.2, -0.15) is 0 Å². The Morgan fingerprint density at radius 1 is 1.16 bits per heavy atom. The van der Waals surface area contributed by atoms with E-state index >= 15 is 0 Å². The number of anilines is 1. The van der Waals surface area contributed by atoms with Crippen LogP contribution in [0.4, 0.5) is 5.69 Å². The zero-order valence-corrected chi connectivity index (χ0v) is 11.1. The first-order valence-electron chi connectivity index (χ1n) is 6.69. The quantitative estimate of drug-likeness (QED) is 0.879. The van der Waals surface area contributed by atoms with Crippen LogP contribution in [-0.4, -0.2) is 17.0 Å². The van der Waals surface area contributed by atoms with Gasteiger partial charge in [-0.1, -0.05) is 31.0 Å². The summed E-state index contributed by atoms with van der Waals surface area (Å²) in [4.78, 5) is 23.5. The molecule has 0 bridgehead atoms. The average molecular weight is 261 g/mol. The molecule has 1 aliphatic carbocycles. The first-order valence-corrected chi connectivity index (χ1v) is 6.69. The van der Waals surface area contributed by atoms with E-state index in [0.717, 1.165) is 24.1 Å². The Kier molecular flexibility index (Phi) is 4.20. The molecular formula is C15H19NO3. The van der Waals surface area contributed by atoms with Crippen LogP contribution < -0.4 is 5.32 Å². The van der Waals surface area contributed by atoms with Gasteiger partial charge in [-0.05, 0) is 31.4 Å².